The maximum Gasteiger partial charge on any atom is 0.317 e. The van der Waals surface area contributed by atoms with Gasteiger partial charge in [0.15, 0.2) is 0 Å². The predicted molar refractivity (Wildman–Crippen MR) is 97.1 cm³/mol. The molecule has 2 fully saturated rings. The molecule has 0 spiro atoms. The molecule has 3 rings (SSSR count). The van der Waals surface area contributed by atoms with E-state index < -0.39 is 5.97 Å². The number of carbonyl (C=O) groups excluding carboxylic acids is 1. The Kier molecular flexibility index (Phi) is 6.18. The van der Waals surface area contributed by atoms with Crippen LogP contribution in [0.25, 0.3) is 0 Å². The van der Waals surface area contributed by atoms with Gasteiger partial charge in [0.1, 0.15) is 11.5 Å². The van der Waals surface area contributed by atoms with Gasteiger partial charge in [-0.1, -0.05) is 0 Å². The predicted octanol–water partition coefficient (Wildman–Crippen LogP) is 0.490. The van der Waals surface area contributed by atoms with Crippen LogP contribution in [0.15, 0.2) is 18.2 Å². The third-order valence-electron chi connectivity index (χ3n) is 5.05. The molecule has 8 nitrogen and oxygen atoms in total. The maximum atomic E-state index is 13.1. The topological polar surface area (TPSA) is 88.5 Å². The third-order valence-corrected chi connectivity index (χ3v) is 5.05. The summed E-state index contributed by atoms with van der Waals surface area (Å²) in [4.78, 5) is 28.0. The van der Waals surface area contributed by atoms with Gasteiger partial charge in [-0.2, -0.15) is 0 Å². The van der Waals surface area contributed by atoms with E-state index >= 15 is 0 Å². The van der Waals surface area contributed by atoms with Crippen molar-refractivity contribution in [1.82, 2.24) is 9.80 Å². The summed E-state index contributed by atoms with van der Waals surface area (Å²) in [5.74, 6) is 0.553. The summed E-state index contributed by atoms with van der Waals surface area (Å²) >= 11 is 0. The molecule has 2 saturated heterocycles. The number of hydrogen-bond donors (Lipinski definition) is 1. The minimum atomic E-state index is -0.852. The molecule has 0 saturated carbocycles. The quantitative estimate of drug-likeness (QED) is 0.771. The molecule has 2 bridgehead atoms. The molecule has 0 unspecified atom stereocenters. The maximum absolute atomic E-state index is 13.1. The molecule has 0 radical (unpaired) electrons. The zero-order valence-corrected chi connectivity index (χ0v) is 15.7. The van der Waals surface area contributed by atoms with Gasteiger partial charge in [0.2, 0.25) is 5.91 Å². The number of ether oxygens (including phenoxy) is 3. The highest BCUT2D eigenvalue weighted by Crippen LogP contribution is 2.26. The fourth-order valence-corrected chi connectivity index (χ4v) is 3.85. The van der Waals surface area contributed by atoms with Crippen molar-refractivity contribution >= 4 is 11.9 Å². The van der Waals surface area contributed by atoms with E-state index in [2.05, 4.69) is 0 Å². The third kappa shape index (κ3) is 4.70. The van der Waals surface area contributed by atoms with E-state index in [1.807, 2.05) is 15.9 Å². The van der Waals surface area contributed by atoms with Gasteiger partial charge in [0.05, 0.1) is 46.4 Å². The Bertz CT molecular complexity index is 695. The fourth-order valence-electron chi connectivity index (χ4n) is 3.85. The van der Waals surface area contributed by atoms with Crippen molar-refractivity contribution in [3.63, 3.8) is 0 Å². The van der Waals surface area contributed by atoms with E-state index in [0.29, 0.717) is 44.3 Å². The average molecular weight is 378 g/mol. The van der Waals surface area contributed by atoms with Crippen LogP contribution in [-0.4, -0.2) is 86.4 Å². The van der Waals surface area contributed by atoms with Crippen molar-refractivity contribution in [2.75, 3.05) is 53.6 Å². The molecule has 1 aromatic rings. The van der Waals surface area contributed by atoms with Gasteiger partial charge >= 0.3 is 5.97 Å². The van der Waals surface area contributed by atoms with Gasteiger partial charge in [-0.05, 0) is 18.2 Å². The normalized spacial score (nSPS) is 22.8. The molecule has 1 N–H and O–H groups in total. The highest BCUT2D eigenvalue weighted by molar-refractivity contribution is 5.80. The SMILES string of the molecule is COc1ccc(OC)c(CC(=O)N2C[C@H]3COC[C@@H]2CN(CC(=O)O)C3)c1. The number of carbonyl (C=O) groups is 2. The number of benzene rings is 1. The van der Waals surface area contributed by atoms with Crippen LogP contribution in [0.4, 0.5) is 0 Å². The summed E-state index contributed by atoms with van der Waals surface area (Å²) in [5.41, 5.74) is 0.768. The van der Waals surface area contributed by atoms with E-state index in [0.717, 1.165) is 5.56 Å². The Labute approximate surface area is 158 Å². The van der Waals surface area contributed by atoms with Crippen molar-refractivity contribution in [3.05, 3.63) is 23.8 Å². The molecular formula is C19H26N2O6. The van der Waals surface area contributed by atoms with Crippen molar-refractivity contribution in [2.24, 2.45) is 5.92 Å². The lowest BCUT2D eigenvalue weighted by atomic mass is 10.1. The zero-order valence-electron chi connectivity index (χ0n) is 15.7. The molecular weight excluding hydrogens is 352 g/mol. The molecule has 0 aromatic heterocycles. The number of hydrogen-bond acceptors (Lipinski definition) is 6. The van der Waals surface area contributed by atoms with Crippen LogP contribution in [0.5, 0.6) is 11.5 Å². The highest BCUT2D eigenvalue weighted by Gasteiger charge is 2.36. The van der Waals surface area contributed by atoms with Crippen molar-refractivity contribution in [1.29, 1.82) is 0 Å². The number of rotatable bonds is 6. The molecule has 2 heterocycles. The summed E-state index contributed by atoms with van der Waals surface area (Å²) in [6.45, 7) is 2.65. The second kappa shape index (κ2) is 8.58. The first-order valence-electron chi connectivity index (χ1n) is 9.02. The number of carboxylic acids is 1. The van der Waals surface area contributed by atoms with E-state index in [-0.39, 0.29) is 30.8 Å². The fraction of sp³-hybridized carbons (Fsp3) is 0.579. The van der Waals surface area contributed by atoms with Crippen LogP contribution in [0.1, 0.15) is 5.56 Å². The molecule has 8 heteroatoms. The van der Waals surface area contributed by atoms with Gasteiger partial charge in [0, 0.05) is 31.1 Å². The van der Waals surface area contributed by atoms with Gasteiger partial charge in [-0.15, -0.1) is 0 Å². The van der Waals surface area contributed by atoms with Crippen molar-refractivity contribution in [3.8, 4) is 11.5 Å². The average Bonchev–Trinajstić information content (AvgIpc) is 2.92. The molecule has 148 valence electrons. The number of nitrogens with zero attached hydrogens (tertiary/aromatic N) is 2. The number of aliphatic carboxylic acids is 1. The summed E-state index contributed by atoms with van der Waals surface area (Å²) < 4.78 is 16.4. The van der Waals surface area contributed by atoms with Gasteiger partial charge < -0.3 is 24.2 Å². The Morgan fingerprint density at radius 3 is 2.70 bits per heavy atom. The first-order valence-corrected chi connectivity index (χ1v) is 9.02. The standard InChI is InChI=1S/C19H26N2O6/c1-25-16-3-4-17(26-2)14(5-16)6-18(22)21-8-13-7-20(10-19(23)24)9-15(21)12-27-11-13/h3-5,13,15H,6-12H2,1-2H3,(H,23,24)/t13-,15-/m0/s1. The number of fused-ring (bicyclic) bond motifs is 3. The zero-order chi connectivity index (χ0) is 19.4. The molecule has 1 aromatic carbocycles. The summed E-state index contributed by atoms with van der Waals surface area (Å²) in [6, 6.07) is 5.25. The van der Waals surface area contributed by atoms with E-state index in [1.165, 1.54) is 0 Å². The van der Waals surface area contributed by atoms with Crippen LogP contribution in [-0.2, 0) is 20.7 Å². The summed E-state index contributed by atoms with van der Waals surface area (Å²) in [6.07, 6.45) is 0.197. The molecule has 2 atom stereocenters. The van der Waals surface area contributed by atoms with E-state index in [9.17, 15) is 9.59 Å². The monoisotopic (exact) mass is 378 g/mol. The Balaban J connectivity index is 1.77. The van der Waals surface area contributed by atoms with Crippen molar-refractivity contribution < 1.29 is 28.9 Å². The van der Waals surface area contributed by atoms with Crippen LogP contribution in [0, 0.1) is 5.92 Å². The van der Waals surface area contributed by atoms with Gasteiger partial charge in [-0.25, -0.2) is 0 Å². The van der Waals surface area contributed by atoms with Crippen LogP contribution >= 0.6 is 0 Å². The lowest BCUT2D eigenvalue weighted by Crippen LogP contribution is -2.47. The Hall–Kier alpha value is -2.32. The molecule has 2 aliphatic heterocycles. The molecule has 0 aliphatic carbocycles. The summed E-state index contributed by atoms with van der Waals surface area (Å²) in [5, 5.41) is 9.12. The minimum Gasteiger partial charge on any atom is -0.497 e. The lowest BCUT2D eigenvalue weighted by molar-refractivity contribution is -0.138. The van der Waals surface area contributed by atoms with Crippen LogP contribution in [0.2, 0.25) is 0 Å². The van der Waals surface area contributed by atoms with Crippen molar-refractivity contribution in [2.45, 2.75) is 12.5 Å². The van der Waals surface area contributed by atoms with Gasteiger partial charge in [-0.3, -0.25) is 14.5 Å². The van der Waals surface area contributed by atoms with E-state index in [1.54, 1.807) is 26.4 Å². The van der Waals surface area contributed by atoms with E-state index in [4.69, 9.17) is 19.3 Å². The first-order chi connectivity index (χ1) is 13.0. The number of methoxy groups -OCH3 is 2. The molecule has 2 aliphatic rings. The second-order valence-electron chi connectivity index (χ2n) is 7.05. The summed E-state index contributed by atoms with van der Waals surface area (Å²) in [7, 11) is 3.16. The molecule has 27 heavy (non-hydrogen) atoms. The highest BCUT2D eigenvalue weighted by atomic mass is 16.5. The van der Waals surface area contributed by atoms with Crippen LogP contribution < -0.4 is 9.47 Å². The Morgan fingerprint density at radius 2 is 2.00 bits per heavy atom. The number of carboxylic acid groups (broad SMARTS) is 1. The van der Waals surface area contributed by atoms with Gasteiger partial charge in [0.25, 0.3) is 0 Å². The van der Waals surface area contributed by atoms with Crippen LogP contribution in [0.3, 0.4) is 0 Å². The molecule has 1 amide bonds. The second-order valence-corrected chi connectivity index (χ2v) is 7.05. The Morgan fingerprint density at radius 1 is 1.19 bits per heavy atom. The first kappa shape index (κ1) is 19.4. The lowest BCUT2D eigenvalue weighted by Gasteiger charge is -2.30. The number of amides is 1. The minimum absolute atomic E-state index is 0.0146. The smallest absolute Gasteiger partial charge is 0.317 e. The largest absolute Gasteiger partial charge is 0.497 e.